The fourth-order valence-electron chi connectivity index (χ4n) is 2.00. The first-order chi connectivity index (χ1) is 11.1. The van der Waals surface area contributed by atoms with Crippen LogP contribution in [0, 0.1) is 11.3 Å². The first-order valence-electron chi connectivity index (χ1n) is 6.99. The molecule has 1 N–H and O–H groups in total. The second kappa shape index (κ2) is 8.38. The highest BCUT2D eigenvalue weighted by Crippen LogP contribution is 2.26. The van der Waals surface area contributed by atoms with Gasteiger partial charge in [-0.15, -0.1) is 0 Å². The van der Waals surface area contributed by atoms with Crippen LogP contribution in [0.4, 0.5) is 0 Å². The smallest absolute Gasteiger partial charge is 0.261 e. The van der Waals surface area contributed by atoms with Crippen molar-refractivity contribution in [1.29, 1.82) is 5.26 Å². The lowest BCUT2D eigenvalue weighted by molar-refractivity contribution is -0.117. The number of nitriles is 1. The number of halogens is 2. The average Bonchev–Trinajstić information content (AvgIpc) is 2.55. The van der Waals surface area contributed by atoms with E-state index in [9.17, 15) is 10.1 Å². The van der Waals surface area contributed by atoms with E-state index in [0.29, 0.717) is 28.6 Å². The number of benzene rings is 2. The maximum absolute atomic E-state index is 12.1. The van der Waals surface area contributed by atoms with Crippen LogP contribution in [0.15, 0.2) is 54.1 Å². The van der Waals surface area contributed by atoms with Gasteiger partial charge in [-0.25, -0.2) is 0 Å². The van der Waals surface area contributed by atoms with Gasteiger partial charge in [0.05, 0.1) is 0 Å². The van der Waals surface area contributed by atoms with Crippen molar-refractivity contribution in [3.05, 3.63) is 75.3 Å². The van der Waals surface area contributed by atoms with Crippen molar-refractivity contribution in [2.24, 2.45) is 0 Å². The van der Waals surface area contributed by atoms with Crippen molar-refractivity contribution in [3.8, 4) is 6.07 Å². The predicted molar refractivity (Wildman–Crippen MR) is 93.2 cm³/mol. The molecular weight excluding hydrogens is 331 g/mol. The van der Waals surface area contributed by atoms with Gasteiger partial charge in [-0.05, 0) is 30.2 Å². The van der Waals surface area contributed by atoms with Crippen molar-refractivity contribution < 1.29 is 4.79 Å². The molecule has 0 unspecified atom stereocenters. The molecule has 0 heterocycles. The fraction of sp³-hybridized carbons (Fsp3) is 0.111. The molecule has 0 fully saturated rings. The van der Waals surface area contributed by atoms with Crippen molar-refractivity contribution in [2.45, 2.75) is 6.42 Å². The highest BCUT2D eigenvalue weighted by molar-refractivity contribution is 6.37. The molecule has 2 aromatic carbocycles. The van der Waals surface area contributed by atoms with E-state index in [1.165, 1.54) is 6.08 Å². The molecule has 0 saturated heterocycles. The van der Waals surface area contributed by atoms with Crippen LogP contribution in [-0.2, 0) is 11.2 Å². The summed E-state index contributed by atoms with van der Waals surface area (Å²) in [6.45, 7) is 0.443. The van der Waals surface area contributed by atoms with Gasteiger partial charge in [0.15, 0.2) is 0 Å². The number of amides is 1. The molecule has 0 aliphatic heterocycles. The minimum absolute atomic E-state index is 0.0342. The minimum Gasteiger partial charge on any atom is -0.351 e. The number of carbonyl (C=O) groups is 1. The third-order valence-electron chi connectivity index (χ3n) is 3.20. The van der Waals surface area contributed by atoms with Crippen LogP contribution in [0.2, 0.25) is 10.0 Å². The second-order valence-corrected chi connectivity index (χ2v) is 5.61. The Morgan fingerprint density at radius 2 is 1.74 bits per heavy atom. The van der Waals surface area contributed by atoms with Gasteiger partial charge in [-0.1, -0.05) is 59.6 Å². The zero-order valence-electron chi connectivity index (χ0n) is 12.2. The summed E-state index contributed by atoms with van der Waals surface area (Å²) < 4.78 is 0. The molecule has 0 saturated carbocycles. The standard InChI is InChI=1S/C18H14Cl2N2O/c19-16-7-4-8-17(20)15(16)11-14(12-21)18(23)22-10-9-13-5-2-1-3-6-13/h1-8,11H,9-10H2,(H,22,23)/b14-11+. The van der Waals surface area contributed by atoms with Gasteiger partial charge < -0.3 is 5.32 Å². The van der Waals surface area contributed by atoms with Crippen LogP contribution >= 0.6 is 23.2 Å². The third kappa shape index (κ3) is 4.85. The van der Waals surface area contributed by atoms with Crippen molar-refractivity contribution in [1.82, 2.24) is 5.32 Å². The molecule has 1 amide bonds. The van der Waals surface area contributed by atoms with Gasteiger partial charge in [0.25, 0.3) is 5.91 Å². The Labute approximate surface area is 145 Å². The lowest BCUT2D eigenvalue weighted by Crippen LogP contribution is -2.26. The fourth-order valence-corrected chi connectivity index (χ4v) is 2.51. The molecule has 0 aliphatic rings. The molecular formula is C18H14Cl2N2O. The SMILES string of the molecule is N#C/C(=C\c1c(Cl)cccc1Cl)C(=O)NCCc1ccccc1. The Bertz CT molecular complexity index is 744. The van der Waals surface area contributed by atoms with Crippen LogP contribution in [0.1, 0.15) is 11.1 Å². The van der Waals surface area contributed by atoms with Crippen LogP contribution in [-0.4, -0.2) is 12.5 Å². The zero-order chi connectivity index (χ0) is 16.7. The summed E-state index contributed by atoms with van der Waals surface area (Å²) in [5.41, 5.74) is 1.54. The first-order valence-corrected chi connectivity index (χ1v) is 7.75. The lowest BCUT2D eigenvalue weighted by atomic mass is 10.1. The molecule has 116 valence electrons. The summed E-state index contributed by atoms with van der Waals surface area (Å²) in [5, 5.41) is 12.7. The number of hydrogen-bond acceptors (Lipinski definition) is 2. The van der Waals surface area contributed by atoms with E-state index in [-0.39, 0.29) is 5.57 Å². The lowest BCUT2D eigenvalue weighted by Gasteiger charge is -2.06. The predicted octanol–water partition coefficient (Wildman–Crippen LogP) is 4.26. The van der Waals surface area contributed by atoms with Crippen LogP contribution in [0.5, 0.6) is 0 Å². The van der Waals surface area contributed by atoms with Crippen LogP contribution < -0.4 is 5.32 Å². The third-order valence-corrected chi connectivity index (χ3v) is 3.85. The molecule has 0 aliphatic carbocycles. The number of carbonyl (C=O) groups excluding carboxylic acids is 1. The molecule has 0 bridgehead atoms. The molecule has 0 radical (unpaired) electrons. The van der Waals surface area contributed by atoms with Crippen LogP contribution in [0.25, 0.3) is 6.08 Å². The summed E-state index contributed by atoms with van der Waals surface area (Å²) >= 11 is 12.1. The van der Waals surface area contributed by atoms with E-state index in [4.69, 9.17) is 23.2 Å². The summed E-state index contributed by atoms with van der Waals surface area (Å²) in [4.78, 5) is 12.1. The largest absolute Gasteiger partial charge is 0.351 e. The van der Waals surface area contributed by atoms with Gasteiger partial charge in [-0.3, -0.25) is 4.79 Å². The van der Waals surface area contributed by atoms with Gasteiger partial charge >= 0.3 is 0 Å². The molecule has 23 heavy (non-hydrogen) atoms. The highest BCUT2D eigenvalue weighted by atomic mass is 35.5. The maximum atomic E-state index is 12.1. The van der Waals surface area contributed by atoms with Crippen LogP contribution in [0.3, 0.4) is 0 Å². The Morgan fingerprint density at radius 3 is 2.35 bits per heavy atom. The minimum atomic E-state index is -0.445. The second-order valence-electron chi connectivity index (χ2n) is 4.80. The van der Waals surface area contributed by atoms with E-state index in [0.717, 1.165) is 5.56 Å². The van der Waals surface area contributed by atoms with Crippen molar-refractivity contribution >= 4 is 35.2 Å². The number of hydrogen-bond donors (Lipinski definition) is 1. The molecule has 2 rings (SSSR count). The average molecular weight is 345 g/mol. The Morgan fingerprint density at radius 1 is 1.09 bits per heavy atom. The van der Waals surface area contributed by atoms with E-state index in [1.807, 2.05) is 36.4 Å². The molecule has 0 atom stereocenters. The number of nitrogens with one attached hydrogen (secondary N) is 1. The molecule has 0 spiro atoms. The quantitative estimate of drug-likeness (QED) is 0.650. The topological polar surface area (TPSA) is 52.9 Å². The summed E-state index contributed by atoms with van der Waals surface area (Å²) in [5.74, 6) is -0.445. The molecule has 5 heteroatoms. The molecule has 3 nitrogen and oxygen atoms in total. The van der Waals surface area contributed by atoms with Gasteiger partial charge in [0, 0.05) is 22.2 Å². The monoisotopic (exact) mass is 344 g/mol. The van der Waals surface area contributed by atoms with Gasteiger partial charge in [0.2, 0.25) is 0 Å². The first kappa shape index (κ1) is 17.1. The normalized spacial score (nSPS) is 10.9. The van der Waals surface area contributed by atoms with Crippen molar-refractivity contribution in [2.75, 3.05) is 6.54 Å². The van der Waals surface area contributed by atoms with Crippen molar-refractivity contribution in [3.63, 3.8) is 0 Å². The van der Waals surface area contributed by atoms with E-state index in [1.54, 1.807) is 18.2 Å². The van der Waals surface area contributed by atoms with E-state index >= 15 is 0 Å². The van der Waals surface area contributed by atoms with E-state index in [2.05, 4.69) is 5.32 Å². The Kier molecular flexibility index (Phi) is 6.22. The zero-order valence-corrected chi connectivity index (χ0v) is 13.7. The maximum Gasteiger partial charge on any atom is 0.261 e. The summed E-state index contributed by atoms with van der Waals surface area (Å²) in [6, 6.07) is 16.7. The molecule has 0 aromatic heterocycles. The Hall–Kier alpha value is -2.28. The van der Waals surface area contributed by atoms with E-state index < -0.39 is 5.91 Å². The number of nitrogens with zero attached hydrogens (tertiary/aromatic N) is 1. The van der Waals surface area contributed by atoms with Gasteiger partial charge in [-0.2, -0.15) is 5.26 Å². The summed E-state index contributed by atoms with van der Waals surface area (Å²) in [6.07, 6.45) is 2.10. The summed E-state index contributed by atoms with van der Waals surface area (Å²) in [7, 11) is 0. The van der Waals surface area contributed by atoms with Gasteiger partial charge in [0.1, 0.15) is 11.6 Å². The number of rotatable bonds is 5. The highest BCUT2D eigenvalue weighted by Gasteiger charge is 2.11. The molecule has 2 aromatic rings. The Balaban J connectivity index is 2.04.